The molecule has 20 heavy (non-hydrogen) atoms. The maximum Gasteiger partial charge on any atom is 0.416 e. The molecule has 0 saturated carbocycles. The molecule has 0 fully saturated rings. The van der Waals surface area contributed by atoms with Gasteiger partial charge in [-0.3, -0.25) is 14.9 Å². The first kappa shape index (κ1) is 16.4. The third-order valence-electron chi connectivity index (χ3n) is 2.47. The predicted molar refractivity (Wildman–Crippen MR) is 66.5 cm³/mol. The molecule has 0 aliphatic heterocycles. The summed E-state index contributed by atoms with van der Waals surface area (Å²) in [7, 11) is 1.14. The number of alkyl halides is 4. The van der Waals surface area contributed by atoms with Crippen LogP contribution in [0.1, 0.15) is 11.1 Å². The first-order valence-corrected chi connectivity index (χ1v) is 6.14. The zero-order chi connectivity index (χ0) is 15.5. The van der Waals surface area contributed by atoms with Gasteiger partial charge in [0.15, 0.2) is 0 Å². The average Bonchev–Trinajstić information content (AvgIpc) is 2.36. The Morgan fingerprint density at radius 3 is 2.55 bits per heavy atom. The van der Waals surface area contributed by atoms with E-state index in [0.29, 0.717) is 6.07 Å². The van der Waals surface area contributed by atoms with E-state index >= 15 is 0 Å². The minimum Gasteiger partial charge on any atom is -0.468 e. The van der Waals surface area contributed by atoms with Crippen LogP contribution in [0.3, 0.4) is 0 Å². The highest BCUT2D eigenvalue weighted by Gasteiger charge is 2.33. The fraction of sp³-hybridized carbons (Fsp3) is 0.364. The number of esters is 1. The summed E-state index contributed by atoms with van der Waals surface area (Å²) >= 11 is 2.96. The van der Waals surface area contributed by atoms with Crippen molar-refractivity contribution in [2.75, 3.05) is 7.11 Å². The van der Waals surface area contributed by atoms with Crippen molar-refractivity contribution in [2.24, 2.45) is 0 Å². The zero-order valence-electron chi connectivity index (χ0n) is 10.1. The van der Waals surface area contributed by atoms with Crippen molar-refractivity contribution in [2.45, 2.75) is 17.4 Å². The van der Waals surface area contributed by atoms with Gasteiger partial charge in [0.2, 0.25) is 0 Å². The minimum absolute atomic E-state index is 0.00951. The SMILES string of the molecule is COC(=O)C(Br)Cc1ccc(C(F)(F)F)cc1[N+](=O)[O-]. The van der Waals surface area contributed by atoms with E-state index in [1.54, 1.807) is 0 Å². The Balaban J connectivity index is 3.15. The molecule has 110 valence electrons. The molecular formula is C11H9BrF3NO4. The van der Waals surface area contributed by atoms with Crippen LogP contribution in [0.2, 0.25) is 0 Å². The highest BCUT2D eigenvalue weighted by Crippen LogP contribution is 2.33. The van der Waals surface area contributed by atoms with Crippen LogP contribution in [-0.2, 0) is 22.1 Å². The number of rotatable bonds is 4. The first-order chi connectivity index (χ1) is 9.16. The van der Waals surface area contributed by atoms with Crippen LogP contribution in [0, 0.1) is 10.1 Å². The highest BCUT2D eigenvalue weighted by atomic mass is 79.9. The van der Waals surface area contributed by atoms with Gasteiger partial charge in [0, 0.05) is 18.1 Å². The van der Waals surface area contributed by atoms with E-state index < -0.39 is 33.1 Å². The molecule has 0 radical (unpaired) electrons. The summed E-state index contributed by atoms with van der Waals surface area (Å²) in [6, 6.07) is 2.17. The molecular weight excluding hydrogens is 347 g/mol. The molecule has 0 bridgehead atoms. The van der Waals surface area contributed by atoms with E-state index in [1.165, 1.54) is 0 Å². The second kappa shape index (κ2) is 6.21. The van der Waals surface area contributed by atoms with Crippen LogP contribution in [0.15, 0.2) is 18.2 Å². The molecule has 1 unspecified atom stereocenters. The monoisotopic (exact) mass is 355 g/mol. The quantitative estimate of drug-likeness (QED) is 0.360. The molecule has 0 spiro atoms. The molecule has 0 heterocycles. The van der Waals surface area contributed by atoms with Crippen LogP contribution >= 0.6 is 15.9 Å². The number of carbonyl (C=O) groups excluding carboxylic acids is 1. The maximum absolute atomic E-state index is 12.5. The summed E-state index contributed by atoms with van der Waals surface area (Å²) in [6.07, 6.45) is -4.82. The Kier molecular flexibility index (Phi) is 5.09. The Bertz CT molecular complexity index is 533. The van der Waals surface area contributed by atoms with Crippen molar-refractivity contribution in [3.8, 4) is 0 Å². The van der Waals surface area contributed by atoms with Crippen molar-refractivity contribution in [1.29, 1.82) is 0 Å². The van der Waals surface area contributed by atoms with Crippen LogP contribution in [0.25, 0.3) is 0 Å². The van der Waals surface area contributed by atoms with Gasteiger partial charge in [-0.2, -0.15) is 13.2 Å². The fourth-order valence-electron chi connectivity index (χ4n) is 1.49. The van der Waals surface area contributed by atoms with E-state index in [1.807, 2.05) is 0 Å². The van der Waals surface area contributed by atoms with Crippen LogP contribution in [-0.4, -0.2) is 22.8 Å². The molecule has 1 atom stereocenters. The fourth-order valence-corrected chi connectivity index (χ4v) is 2.02. The smallest absolute Gasteiger partial charge is 0.416 e. The second-order valence-corrected chi connectivity index (χ2v) is 4.90. The number of hydrogen-bond donors (Lipinski definition) is 0. The maximum atomic E-state index is 12.5. The van der Waals surface area contributed by atoms with E-state index in [2.05, 4.69) is 20.7 Å². The Morgan fingerprint density at radius 2 is 2.10 bits per heavy atom. The van der Waals surface area contributed by atoms with Gasteiger partial charge in [-0.05, 0) is 6.07 Å². The largest absolute Gasteiger partial charge is 0.468 e. The summed E-state index contributed by atoms with van der Waals surface area (Å²) in [5.74, 6) is -0.667. The van der Waals surface area contributed by atoms with Crippen molar-refractivity contribution in [3.63, 3.8) is 0 Å². The lowest BCUT2D eigenvalue weighted by Crippen LogP contribution is -2.19. The van der Waals surface area contributed by atoms with Gasteiger partial charge in [0.05, 0.1) is 17.6 Å². The van der Waals surface area contributed by atoms with Crippen LogP contribution in [0.5, 0.6) is 0 Å². The topological polar surface area (TPSA) is 69.4 Å². The van der Waals surface area contributed by atoms with Gasteiger partial charge in [0.25, 0.3) is 5.69 Å². The number of ether oxygens (including phenoxy) is 1. The molecule has 0 amide bonds. The van der Waals surface area contributed by atoms with Gasteiger partial charge in [-0.1, -0.05) is 22.0 Å². The van der Waals surface area contributed by atoms with Crippen molar-refractivity contribution in [3.05, 3.63) is 39.4 Å². The second-order valence-electron chi connectivity index (χ2n) is 3.79. The average molecular weight is 356 g/mol. The summed E-state index contributed by atoms with van der Waals surface area (Å²) in [6.45, 7) is 0. The third kappa shape index (κ3) is 3.92. The summed E-state index contributed by atoms with van der Waals surface area (Å²) in [4.78, 5) is 20.2. The van der Waals surface area contributed by atoms with Gasteiger partial charge in [0.1, 0.15) is 4.83 Å². The number of benzene rings is 1. The number of nitrogens with zero attached hydrogens (tertiary/aromatic N) is 1. The lowest BCUT2D eigenvalue weighted by molar-refractivity contribution is -0.385. The Morgan fingerprint density at radius 1 is 1.50 bits per heavy atom. The van der Waals surface area contributed by atoms with Gasteiger partial charge < -0.3 is 4.74 Å². The Labute approximate surface area is 120 Å². The number of carbonyl (C=O) groups is 1. The zero-order valence-corrected chi connectivity index (χ0v) is 11.7. The van der Waals surface area contributed by atoms with Gasteiger partial charge in [-0.25, -0.2) is 0 Å². The number of nitro groups is 1. The summed E-state index contributed by atoms with van der Waals surface area (Å²) in [5.41, 5.74) is -1.79. The normalized spacial score (nSPS) is 12.8. The molecule has 0 aliphatic carbocycles. The Hall–Kier alpha value is -1.64. The van der Waals surface area contributed by atoms with Crippen LogP contribution in [0.4, 0.5) is 18.9 Å². The minimum atomic E-state index is -4.67. The molecule has 1 rings (SSSR count). The number of hydrogen-bond acceptors (Lipinski definition) is 4. The van der Waals surface area contributed by atoms with E-state index in [4.69, 9.17) is 0 Å². The van der Waals surface area contributed by atoms with Crippen molar-refractivity contribution >= 4 is 27.6 Å². The van der Waals surface area contributed by atoms with Crippen molar-refractivity contribution in [1.82, 2.24) is 0 Å². The van der Waals surface area contributed by atoms with E-state index in [-0.39, 0.29) is 12.0 Å². The lowest BCUT2D eigenvalue weighted by atomic mass is 10.0. The molecule has 0 N–H and O–H groups in total. The summed E-state index contributed by atoms with van der Waals surface area (Å²) < 4.78 is 41.9. The molecule has 1 aromatic rings. The van der Waals surface area contributed by atoms with Gasteiger partial charge in [-0.15, -0.1) is 0 Å². The molecule has 9 heteroatoms. The summed E-state index contributed by atoms with van der Waals surface area (Å²) in [5, 5.41) is 10.8. The van der Waals surface area contributed by atoms with Crippen LogP contribution < -0.4 is 0 Å². The number of nitro benzene ring substituents is 1. The predicted octanol–water partition coefficient (Wildman–Crippen LogP) is 3.09. The van der Waals surface area contributed by atoms with E-state index in [9.17, 15) is 28.1 Å². The van der Waals surface area contributed by atoms with Gasteiger partial charge >= 0.3 is 12.1 Å². The first-order valence-electron chi connectivity index (χ1n) is 5.23. The standard InChI is InChI=1S/C11H9BrF3NO4/c1-20-10(17)8(12)4-6-2-3-7(11(13,14)15)5-9(6)16(18)19/h2-3,5,8H,4H2,1H3. The van der Waals surface area contributed by atoms with Crippen molar-refractivity contribution < 1.29 is 27.6 Å². The molecule has 5 nitrogen and oxygen atoms in total. The molecule has 0 aromatic heterocycles. The van der Waals surface area contributed by atoms with E-state index in [0.717, 1.165) is 19.2 Å². The molecule has 1 aromatic carbocycles. The highest BCUT2D eigenvalue weighted by molar-refractivity contribution is 9.10. The number of halogens is 4. The molecule has 0 saturated heterocycles. The lowest BCUT2D eigenvalue weighted by Gasteiger charge is -2.10. The molecule has 0 aliphatic rings. The number of methoxy groups -OCH3 is 1. The third-order valence-corrected chi connectivity index (χ3v) is 3.16.